The predicted molar refractivity (Wildman–Crippen MR) is 58.5 cm³/mol. The van der Waals surface area contributed by atoms with Gasteiger partial charge in [0.25, 0.3) is 0 Å². The van der Waals surface area contributed by atoms with Crippen molar-refractivity contribution >= 4 is 40.2 Å². The maximum absolute atomic E-state index is 13.0. The lowest BCUT2D eigenvalue weighted by Gasteiger charge is -2.06. The van der Waals surface area contributed by atoms with Gasteiger partial charge in [-0.25, -0.2) is 4.39 Å². The Balaban J connectivity index is 2.88. The van der Waals surface area contributed by atoms with Crippen LogP contribution in [0.25, 0.3) is 0 Å². The summed E-state index contributed by atoms with van der Waals surface area (Å²) in [7, 11) is 0. The molecule has 0 atom stereocenters. The van der Waals surface area contributed by atoms with Crippen molar-refractivity contribution < 1.29 is 9.13 Å². The lowest BCUT2D eigenvalue weighted by atomic mass is 10.3. The standard InChI is InChI=1S/C8H7BrClFOS/c9-5-3-6(10)8(4-7(5)11)12-1-2-13/h3-4,13H,1-2H2. The maximum Gasteiger partial charge on any atom is 0.141 e. The highest BCUT2D eigenvalue weighted by Crippen LogP contribution is 2.30. The second-order valence-corrected chi connectivity index (χ2v) is 3.98. The highest BCUT2D eigenvalue weighted by molar-refractivity contribution is 9.10. The molecule has 0 unspecified atom stereocenters. The summed E-state index contributed by atoms with van der Waals surface area (Å²) in [6, 6.07) is 2.71. The molecule has 0 saturated heterocycles. The van der Waals surface area contributed by atoms with Crippen LogP contribution in [0.2, 0.25) is 5.02 Å². The average Bonchev–Trinajstić information content (AvgIpc) is 2.09. The summed E-state index contributed by atoms with van der Waals surface area (Å²) in [6.07, 6.45) is 0. The first-order valence-corrected chi connectivity index (χ1v) is 5.33. The summed E-state index contributed by atoms with van der Waals surface area (Å²) in [5.41, 5.74) is 0. The van der Waals surface area contributed by atoms with Crippen molar-refractivity contribution in [3.05, 3.63) is 27.4 Å². The van der Waals surface area contributed by atoms with Crippen molar-refractivity contribution in [3.8, 4) is 5.75 Å². The van der Waals surface area contributed by atoms with Gasteiger partial charge < -0.3 is 4.74 Å². The van der Waals surface area contributed by atoms with E-state index in [1.165, 1.54) is 12.1 Å². The van der Waals surface area contributed by atoms with Gasteiger partial charge in [0.2, 0.25) is 0 Å². The summed E-state index contributed by atoms with van der Waals surface area (Å²) in [5, 5.41) is 0.384. The number of thiol groups is 1. The van der Waals surface area contributed by atoms with Gasteiger partial charge >= 0.3 is 0 Å². The summed E-state index contributed by atoms with van der Waals surface area (Å²) in [4.78, 5) is 0. The second kappa shape index (κ2) is 5.08. The normalized spacial score (nSPS) is 10.2. The van der Waals surface area contributed by atoms with Crippen LogP contribution in [0.1, 0.15) is 0 Å². The zero-order valence-electron chi connectivity index (χ0n) is 6.56. The molecule has 72 valence electrons. The Kier molecular flexibility index (Phi) is 4.35. The lowest BCUT2D eigenvalue weighted by molar-refractivity contribution is 0.342. The molecule has 0 heterocycles. The van der Waals surface area contributed by atoms with Crippen molar-refractivity contribution in [2.45, 2.75) is 0 Å². The van der Waals surface area contributed by atoms with Gasteiger partial charge in [-0.3, -0.25) is 0 Å². The van der Waals surface area contributed by atoms with Gasteiger partial charge in [0, 0.05) is 11.8 Å². The van der Waals surface area contributed by atoms with E-state index < -0.39 is 5.82 Å². The summed E-state index contributed by atoms with van der Waals surface area (Å²) in [5.74, 6) is 0.517. The van der Waals surface area contributed by atoms with Gasteiger partial charge in [-0.15, -0.1) is 0 Å². The van der Waals surface area contributed by atoms with Crippen LogP contribution in [0, 0.1) is 5.82 Å². The van der Waals surface area contributed by atoms with E-state index in [0.29, 0.717) is 27.6 Å². The topological polar surface area (TPSA) is 9.23 Å². The van der Waals surface area contributed by atoms with Gasteiger partial charge in [-0.1, -0.05) is 11.6 Å². The SMILES string of the molecule is Fc1cc(OCCS)c(Cl)cc1Br. The van der Waals surface area contributed by atoms with Crippen LogP contribution < -0.4 is 4.74 Å². The first kappa shape index (κ1) is 11.1. The van der Waals surface area contributed by atoms with E-state index in [1.807, 2.05) is 0 Å². The minimum Gasteiger partial charge on any atom is -0.491 e. The number of ether oxygens (including phenoxy) is 1. The second-order valence-electron chi connectivity index (χ2n) is 2.27. The van der Waals surface area contributed by atoms with Crippen molar-refractivity contribution in [1.29, 1.82) is 0 Å². The Bertz CT molecular complexity index is 308. The molecule has 5 heteroatoms. The van der Waals surface area contributed by atoms with Gasteiger partial charge in [0.1, 0.15) is 11.6 Å². The largest absolute Gasteiger partial charge is 0.491 e. The molecule has 0 saturated carbocycles. The fourth-order valence-electron chi connectivity index (χ4n) is 0.771. The molecule has 0 radical (unpaired) electrons. The number of rotatable bonds is 3. The molecular formula is C8H7BrClFOS. The van der Waals surface area contributed by atoms with Crippen molar-refractivity contribution in [2.75, 3.05) is 12.4 Å². The highest BCUT2D eigenvalue weighted by Gasteiger charge is 2.07. The van der Waals surface area contributed by atoms with Crippen LogP contribution in [-0.4, -0.2) is 12.4 Å². The monoisotopic (exact) mass is 284 g/mol. The van der Waals surface area contributed by atoms with E-state index in [2.05, 4.69) is 28.6 Å². The van der Waals surface area contributed by atoms with Crippen LogP contribution in [0.15, 0.2) is 16.6 Å². The van der Waals surface area contributed by atoms with Crippen LogP contribution >= 0.6 is 40.2 Å². The third-order valence-corrected chi connectivity index (χ3v) is 2.41. The Labute approximate surface area is 94.8 Å². The molecular weight excluding hydrogens is 279 g/mol. The van der Waals surface area contributed by atoms with Gasteiger partial charge in [-0.05, 0) is 22.0 Å². The van der Waals surface area contributed by atoms with E-state index in [0.717, 1.165) is 0 Å². The van der Waals surface area contributed by atoms with E-state index in [4.69, 9.17) is 16.3 Å². The quantitative estimate of drug-likeness (QED) is 0.660. The van der Waals surface area contributed by atoms with Gasteiger partial charge in [-0.2, -0.15) is 12.6 Å². The number of benzene rings is 1. The molecule has 0 aliphatic heterocycles. The number of hydrogen-bond donors (Lipinski definition) is 1. The smallest absolute Gasteiger partial charge is 0.141 e. The van der Waals surface area contributed by atoms with Gasteiger partial charge in [0.15, 0.2) is 0 Å². The summed E-state index contributed by atoms with van der Waals surface area (Å²) >= 11 is 12.8. The fourth-order valence-corrected chi connectivity index (χ4v) is 1.56. The third kappa shape index (κ3) is 3.04. The molecule has 1 nitrogen and oxygen atoms in total. The molecule has 1 aromatic rings. The number of hydrogen-bond acceptors (Lipinski definition) is 2. The first-order valence-electron chi connectivity index (χ1n) is 3.53. The predicted octanol–water partition coefficient (Wildman–Crippen LogP) is 3.55. The summed E-state index contributed by atoms with van der Waals surface area (Å²) < 4.78 is 18.5. The van der Waals surface area contributed by atoms with Gasteiger partial charge in [0.05, 0.1) is 16.1 Å². The Morgan fingerprint density at radius 2 is 2.23 bits per heavy atom. The Morgan fingerprint density at radius 3 is 2.85 bits per heavy atom. The van der Waals surface area contributed by atoms with E-state index in [-0.39, 0.29) is 0 Å². The summed E-state index contributed by atoms with van der Waals surface area (Å²) in [6.45, 7) is 0.407. The molecule has 0 spiro atoms. The lowest BCUT2D eigenvalue weighted by Crippen LogP contribution is -1.99. The highest BCUT2D eigenvalue weighted by atomic mass is 79.9. The van der Waals surface area contributed by atoms with Crippen LogP contribution in [0.3, 0.4) is 0 Å². The molecule has 0 aliphatic carbocycles. The molecule has 13 heavy (non-hydrogen) atoms. The fraction of sp³-hybridized carbons (Fsp3) is 0.250. The minimum absolute atomic E-state index is 0.329. The number of halogens is 3. The van der Waals surface area contributed by atoms with Crippen LogP contribution in [0.5, 0.6) is 5.75 Å². The third-order valence-electron chi connectivity index (χ3n) is 1.32. The Hall–Kier alpha value is 0.0700. The zero-order chi connectivity index (χ0) is 9.84. The molecule has 1 aromatic carbocycles. The maximum atomic E-state index is 13.0. The van der Waals surface area contributed by atoms with Crippen molar-refractivity contribution in [1.82, 2.24) is 0 Å². The van der Waals surface area contributed by atoms with Crippen molar-refractivity contribution in [2.24, 2.45) is 0 Å². The van der Waals surface area contributed by atoms with E-state index in [9.17, 15) is 4.39 Å². The minimum atomic E-state index is -0.390. The van der Waals surface area contributed by atoms with E-state index in [1.54, 1.807) is 0 Å². The molecule has 0 fully saturated rings. The van der Waals surface area contributed by atoms with Crippen molar-refractivity contribution in [3.63, 3.8) is 0 Å². The first-order chi connectivity index (χ1) is 6.15. The molecule has 0 aliphatic rings. The average molecular weight is 286 g/mol. The molecule has 0 aromatic heterocycles. The van der Waals surface area contributed by atoms with Crippen LogP contribution in [0.4, 0.5) is 4.39 Å². The zero-order valence-corrected chi connectivity index (χ0v) is 9.79. The Morgan fingerprint density at radius 1 is 1.54 bits per heavy atom. The molecule has 0 N–H and O–H groups in total. The van der Waals surface area contributed by atoms with E-state index >= 15 is 0 Å². The molecule has 0 bridgehead atoms. The molecule has 1 rings (SSSR count). The van der Waals surface area contributed by atoms with Crippen LogP contribution in [-0.2, 0) is 0 Å². The molecule has 0 amide bonds.